The van der Waals surface area contributed by atoms with E-state index in [2.05, 4.69) is 20.5 Å². The fraction of sp³-hybridized carbons (Fsp3) is 0.355. The molecular weight excluding hydrogens is 538 g/mol. The summed E-state index contributed by atoms with van der Waals surface area (Å²) in [6, 6.07) is 15.4. The third kappa shape index (κ3) is 6.63. The van der Waals surface area contributed by atoms with Crippen molar-refractivity contribution < 1.29 is 28.9 Å². The molecular formula is C31H35N5O6. The molecule has 11 heteroatoms. The van der Waals surface area contributed by atoms with E-state index in [4.69, 9.17) is 14.2 Å². The Hall–Kier alpha value is -4.64. The van der Waals surface area contributed by atoms with E-state index in [1.807, 2.05) is 45.0 Å². The number of nitrogens with zero attached hydrogens (tertiary/aromatic N) is 3. The Morgan fingerprint density at radius 3 is 2.45 bits per heavy atom. The quantitative estimate of drug-likeness (QED) is 0.248. The number of aromatic nitrogens is 3. The zero-order chi connectivity index (χ0) is 29.9. The Kier molecular flexibility index (Phi) is 8.30. The van der Waals surface area contributed by atoms with E-state index in [0.717, 1.165) is 29.8 Å². The summed E-state index contributed by atoms with van der Waals surface area (Å²) in [5.41, 5.74) is 1.77. The third-order valence-electron chi connectivity index (χ3n) is 6.99. The fourth-order valence-electron chi connectivity index (χ4n) is 5.01. The fourth-order valence-corrected chi connectivity index (χ4v) is 5.01. The summed E-state index contributed by atoms with van der Waals surface area (Å²) in [5.74, 6) is 0.725. The largest absolute Gasteiger partial charge is 0.497 e. The van der Waals surface area contributed by atoms with Gasteiger partial charge in [0.1, 0.15) is 22.8 Å². The molecule has 0 aliphatic carbocycles. The Morgan fingerprint density at radius 1 is 1.07 bits per heavy atom. The van der Waals surface area contributed by atoms with E-state index >= 15 is 0 Å². The maximum atomic E-state index is 12.9. The van der Waals surface area contributed by atoms with Crippen LogP contribution in [0.15, 0.2) is 60.8 Å². The van der Waals surface area contributed by atoms with Crippen LogP contribution in [0.4, 0.5) is 4.79 Å². The summed E-state index contributed by atoms with van der Waals surface area (Å²) in [5, 5.41) is 21.3. The molecule has 0 spiro atoms. The third-order valence-corrected chi connectivity index (χ3v) is 6.99. The number of carbonyl (C=O) groups excluding carboxylic acids is 1. The number of carboxylic acids is 1. The van der Waals surface area contributed by atoms with Crippen LogP contribution in [0.2, 0.25) is 0 Å². The van der Waals surface area contributed by atoms with Gasteiger partial charge >= 0.3 is 12.1 Å². The molecule has 220 valence electrons. The van der Waals surface area contributed by atoms with Crippen LogP contribution in [-0.2, 0) is 4.74 Å². The SMILES string of the molecule is COc1ccc(C(N[C@@H]2CCCN(C(=O)OC(C)(C)C)C2)c2[nH]nc3nccc(Oc4ccc(C(=O)O)cc4)c23)cc1. The van der Waals surface area contributed by atoms with E-state index in [0.29, 0.717) is 35.6 Å². The van der Waals surface area contributed by atoms with Crippen molar-refractivity contribution in [2.24, 2.45) is 0 Å². The van der Waals surface area contributed by atoms with Crippen LogP contribution >= 0.6 is 0 Å². The molecule has 0 radical (unpaired) electrons. The minimum absolute atomic E-state index is 0.0266. The standard InChI is InChI=1S/C31H35N5O6/c1-31(2,3)42-30(39)36-17-5-6-21(18-36)33-26(19-7-11-22(40-4)12-8-19)27-25-24(15-16-32-28(25)35-34-27)41-23-13-9-20(10-14-23)29(37)38/h7-16,21,26,33H,5-6,17-18H2,1-4H3,(H,37,38)(H,32,34,35)/t21-,26?/m1/s1. The molecule has 1 fully saturated rings. The molecule has 1 aliphatic heterocycles. The number of aromatic amines is 1. The minimum atomic E-state index is -1.01. The number of hydrogen-bond donors (Lipinski definition) is 3. The molecule has 0 saturated carbocycles. The zero-order valence-electron chi connectivity index (χ0n) is 24.1. The summed E-state index contributed by atoms with van der Waals surface area (Å²) in [4.78, 5) is 30.3. The van der Waals surface area contributed by atoms with Crippen molar-refractivity contribution in [1.82, 2.24) is 25.4 Å². The number of hydrogen-bond acceptors (Lipinski definition) is 8. The lowest BCUT2D eigenvalue weighted by molar-refractivity contribution is 0.0184. The van der Waals surface area contributed by atoms with Crippen LogP contribution in [0.3, 0.4) is 0 Å². The highest BCUT2D eigenvalue weighted by atomic mass is 16.6. The summed E-state index contributed by atoms with van der Waals surface area (Å²) < 4.78 is 17.2. The molecule has 0 bridgehead atoms. The highest BCUT2D eigenvalue weighted by Crippen LogP contribution is 2.36. The van der Waals surface area contributed by atoms with Crippen LogP contribution < -0.4 is 14.8 Å². The number of H-pyrrole nitrogens is 1. The molecule has 4 aromatic rings. The van der Waals surface area contributed by atoms with Gasteiger partial charge in [0.25, 0.3) is 0 Å². The van der Waals surface area contributed by atoms with Gasteiger partial charge in [0.05, 0.1) is 29.8 Å². The van der Waals surface area contributed by atoms with Gasteiger partial charge in [0.2, 0.25) is 0 Å². The minimum Gasteiger partial charge on any atom is -0.497 e. The lowest BCUT2D eigenvalue weighted by Crippen LogP contribution is -2.50. The van der Waals surface area contributed by atoms with Crippen LogP contribution in [0.1, 0.15) is 61.3 Å². The predicted molar refractivity (Wildman–Crippen MR) is 156 cm³/mol. The summed E-state index contributed by atoms with van der Waals surface area (Å²) in [6.45, 7) is 6.71. The Morgan fingerprint density at radius 2 is 1.79 bits per heavy atom. The molecule has 5 rings (SSSR count). The molecule has 42 heavy (non-hydrogen) atoms. The molecule has 2 aromatic heterocycles. The van der Waals surface area contributed by atoms with E-state index in [-0.39, 0.29) is 23.7 Å². The zero-order valence-corrected chi connectivity index (χ0v) is 24.1. The van der Waals surface area contributed by atoms with Gasteiger partial charge in [-0.05, 0) is 81.6 Å². The van der Waals surface area contributed by atoms with E-state index in [9.17, 15) is 14.7 Å². The van der Waals surface area contributed by atoms with Crippen LogP contribution in [0.25, 0.3) is 11.0 Å². The first kappa shape index (κ1) is 28.9. The lowest BCUT2D eigenvalue weighted by atomic mass is 9.97. The van der Waals surface area contributed by atoms with Gasteiger partial charge in [-0.2, -0.15) is 5.10 Å². The molecule has 3 heterocycles. The lowest BCUT2D eigenvalue weighted by Gasteiger charge is -2.36. The Bertz CT molecular complexity index is 1550. The second-order valence-electron chi connectivity index (χ2n) is 11.2. The maximum Gasteiger partial charge on any atom is 0.410 e. The molecule has 1 amide bonds. The number of fused-ring (bicyclic) bond motifs is 1. The number of nitrogens with one attached hydrogen (secondary N) is 2. The Balaban J connectivity index is 1.48. The molecule has 1 saturated heterocycles. The molecule has 1 aliphatic rings. The normalized spacial score (nSPS) is 16.2. The number of ether oxygens (including phenoxy) is 3. The average Bonchev–Trinajstić information content (AvgIpc) is 3.40. The van der Waals surface area contributed by atoms with Gasteiger partial charge in [0, 0.05) is 25.3 Å². The smallest absolute Gasteiger partial charge is 0.410 e. The first-order chi connectivity index (χ1) is 20.1. The van der Waals surface area contributed by atoms with E-state index in [1.165, 1.54) is 12.1 Å². The highest BCUT2D eigenvalue weighted by molar-refractivity contribution is 5.88. The van der Waals surface area contributed by atoms with E-state index in [1.54, 1.807) is 36.4 Å². The molecule has 2 aromatic carbocycles. The van der Waals surface area contributed by atoms with Gasteiger partial charge in [-0.25, -0.2) is 14.6 Å². The van der Waals surface area contributed by atoms with Crippen molar-refractivity contribution in [3.05, 3.63) is 77.6 Å². The number of pyridine rings is 1. The van der Waals surface area contributed by atoms with Crippen molar-refractivity contribution in [3.63, 3.8) is 0 Å². The molecule has 2 atom stereocenters. The van der Waals surface area contributed by atoms with Gasteiger partial charge in [-0.1, -0.05) is 12.1 Å². The number of methoxy groups -OCH3 is 1. The van der Waals surface area contributed by atoms with Crippen LogP contribution in [-0.4, -0.2) is 69.1 Å². The van der Waals surface area contributed by atoms with Crippen LogP contribution in [0, 0.1) is 0 Å². The van der Waals surface area contributed by atoms with Gasteiger partial charge in [-0.15, -0.1) is 0 Å². The summed E-state index contributed by atoms with van der Waals surface area (Å²) in [6.07, 6.45) is 2.99. The molecule has 1 unspecified atom stereocenters. The summed E-state index contributed by atoms with van der Waals surface area (Å²) in [7, 11) is 1.62. The monoisotopic (exact) mass is 573 g/mol. The first-order valence-electron chi connectivity index (χ1n) is 13.8. The highest BCUT2D eigenvalue weighted by Gasteiger charge is 2.31. The van der Waals surface area contributed by atoms with Crippen molar-refractivity contribution in [3.8, 4) is 17.2 Å². The number of amides is 1. The van der Waals surface area contributed by atoms with Gasteiger partial charge < -0.3 is 29.5 Å². The molecule has 3 N–H and O–H groups in total. The number of rotatable bonds is 8. The maximum absolute atomic E-state index is 12.9. The predicted octanol–water partition coefficient (Wildman–Crippen LogP) is 5.54. The van der Waals surface area contributed by atoms with Crippen molar-refractivity contribution in [2.45, 2.75) is 51.3 Å². The average molecular weight is 574 g/mol. The summed E-state index contributed by atoms with van der Waals surface area (Å²) >= 11 is 0. The number of likely N-dealkylation sites (tertiary alicyclic amines) is 1. The molecule has 11 nitrogen and oxygen atoms in total. The topological polar surface area (TPSA) is 139 Å². The number of aromatic carboxylic acids is 1. The van der Waals surface area contributed by atoms with Gasteiger partial charge in [0.15, 0.2) is 5.65 Å². The number of piperidine rings is 1. The van der Waals surface area contributed by atoms with Crippen molar-refractivity contribution in [1.29, 1.82) is 0 Å². The second-order valence-corrected chi connectivity index (χ2v) is 11.2. The Labute approximate surface area is 243 Å². The van der Waals surface area contributed by atoms with Crippen molar-refractivity contribution in [2.75, 3.05) is 20.2 Å². The first-order valence-corrected chi connectivity index (χ1v) is 13.8. The van der Waals surface area contributed by atoms with Crippen LogP contribution in [0.5, 0.6) is 17.2 Å². The number of carbonyl (C=O) groups is 2. The van der Waals surface area contributed by atoms with Crippen molar-refractivity contribution >= 4 is 23.1 Å². The second kappa shape index (κ2) is 12.1. The van der Waals surface area contributed by atoms with Gasteiger partial charge in [-0.3, -0.25) is 5.10 Å². The number of carboxylic acid groups (broad SMARTS) is 1. The number of benzene rings is 2. The van der Waals surface area contributed by atoms with E-state index < -0.39 is 11.6 Å².